The minimum absolute atomic E-state index is 0.0216. The van der Waals surface area contributed by atoms with Crippen LogP contribution in [0.15, 0.2) is 6.20 Å². The quantitative estimate of drug-likeness (QED) is 0.623. The number of hydrogen-bond acceptors (Lipinski definition) is 5. The van der Waals surface area contributed by atoms with Gasteiger partial charge in [0.25, 0.3) is 5.88 Å². The molecule has 0 bridgehead atoms. The SMILES string of the molecule is CC1CCCCC1Oc1nc(NN)ncc1F. The van der Waals surface area contributed by atoms with Crippen molar-refractivity contribution in [3.05, 3.63) is 12.0 Å². The Morgan fingerprint density at radius 2 is 2.24 bits per heavy atom. The van der Waals surface area contributed by atoms with E-state index in [0.717, 1.165) is 25.5 Å². The molecule has 17 heavy (non-hydrogen) atoms. The van der Waals surface area contributed by atoms with E-state index in [4.69, 9.17) is 10.6 Å². The molecule has 6 heteroatoms. The molecule has 0 amide bonds. The number of halogens is 1. The van der Waals surface area contributed by atoms with Crippen molar-refractivity contribution in [2.24, 2.45) is 11.8 Å². The van der Waals surface area contributed by atoms with Crippen molar-refractivity contribution in [1.29, 1.82) is 0 Å². The summed E-state index contributed by atoms with van der Waals surface area (Å²) in [7, 11) is 0. The minimum atomic E-state index is -0.554. The van der Waals surface area contributed by atoms with Crippen LogP contribution in [0.3, 0.4) is 0 Å². The molecule has 0 aromatic carbocycles. The molecular formula is C11H17FN4O. The van der Waals surface area contributed by atoms with Crippen LogP contribution in [0.5, 0.6) is 5.88 Å². The highest BCUT2D eigenvalue weighted by Gasteiger charge is 2.24. The second-order valence-electron chi connectivity index (χ2n) is 4.41. The largest absolute Gasteiger partial charge is 0.472 e. The summed E-state index contributed by atoms with van der Waals surface area (Å²) >= 11 is 0. The van der Waals surface area contributed by atoms with Crippen molar-refractivity contribution in [1.82, 2.24) is 9.97 Å². The van der Waals surface area contributed by atoms with Crippen molar-refractivity contribution in [3.8, 4) is 5.88 Å². The van der Waals surface area contributed by atoms with Crippen molar-refractivity contribution in [2.75, 3.05) is 5.43 Å². The molecule has 0 aliphatic heterocycles. The van der Waals surface area contributed by atoms with Crippen molar-refractivity contribution in [2.45, 2.75) is 38.7 Å². The third kappa shape index (κ3) is 2.82. The van der Waals surface area contributed by atoms with E-state index in [0.29, 0.717) is 5.92 Å². The molecule has 1 aliphatic rings. The van der Waals surface area contributed by atoms with Gasteiger partial charge >= 0.3 is 0 Å². The fourth-order valence-electron chi connectivity index (χ4n) is 2.10. The van der Waals surface area contributed by atoms with Crippen LogP contribution in [0.25, 0.3) is 0 Å². The van der Waals surface area contributed by atoms with Crippen molar-refractivity contribution in [3.63, 3.8) is 0 Å². The maximum atomic E-state index is 13.5. The van der Waals surface area contributed by atoms with E-state index >= 15 is 0 Å². The third-order valence-electron chi connectivity index (χ3n) is 3.14. The number of nitrogen functional groups attached to an aromatic ring is 1. The molecule has 0 saturated heterocycles. The molecule has 2 rings (SSSR count). The molecule has 0 radical (unpaired) electrons. The average molecular weight is 240 g/mol. The zero-order valence-corrected chi connectivity index (χ0v) is 9.82. The van der Waals surface area contributed by atoms with Gasteiger partial charge in [0.15, 0.2) is 0 Å². The summed E-state index contributed by atoms with van der Waals surface area (Å²) in [5, 5.41) is 0. The monoisotopic (exact) mass is 240 g/mol. The Hall–Kier alpha value is -1.43. The summed E-state index contributed by atoms with van der Waals surface area (Å²) in [6.45, 7) is 2.12. The molecule has 1 aromatic rings. The van der Waals surface area contributed by atoms with Crippen LogP contribution in [0.4, 0.5) is 10.3 Å². The van der Waals surface area contributed by atoms with Gasteiger partial charge < -0.3 is 4.74 Å². The summed E-state index contributed by atoms with van der Waals surface area (Å²) in [5.41, 5.74) is 2.27. The fraction of sp³-hybridized carbons (Fsp3) is 0.636. The lowest BCUT2D eigenvalue weighted by molar-refractivity contribution is 0.0926. The van der Waals surface area contributed by atoms with Crippen LogP contribution < -0.4 is 16.0 Å². The van der Waals surface area contributed by atoms with Crippen LogP contribution in [0.2, 0.25) is 0 Å². The number of ether oxygens (including phenoxy) is 1. The van der Waals surface area contributed by atoms with Crippen LogP contribution in [-0.2, 0) is 0 Å². The number of hydrogen-bond donors (Lipinski definition) is 2. The summed E-state index contributed by atoms with van der Waals surface area (Å²) < 4.78 is 19.1. The van der Waals surface area contributed by atoms with Crippen LogP contribution >= 0.6 is 0 Å². The van der Waals surface area contributed by atoms with E-state index in [1.807, 2.05) is 0 Å². The first-order valence-corrected chi connectivity index (χ1v) is 5.86. The molecular weight excluding hydrogens is 223 g/mol. The van der Waals surface area contributed by atoms with E-state index in [1.54, 1.807) is 0 Å². The Morgan fingerprint density at radius 3 is 2.94 bits per heavy atom. The number of nitrogens with zero attached hydrogens (tertiary/aromatic N) is 2. The van der Waals surface area contributed by atoms with Gasteiger partial charge in [-0.2, -0.15) is 9.37 Å². The second kappa shape index (κ2) is 5.27. The smallest absolute Gasteiger partial charge is 0.255 e. The van der Waals surface area contributed by atoms with E-state index in [9.17, 15) is 4.39 Å². The predicted molar refractivity (Wildman–Crippen MR) is 61.8 cm³/mol. The first-order valence-electron chi connectivity index (χ1n) is 5.86. The highest BCUT2D eigenvalue weighted by atomic mass is 19.1. The molecule has 1 fully saturated rings. The molecule has 1 saturated carbocycles. The summed E-state index contributed by atoms with van der Waals surface area (Å²) in [6, 6.07) is 0. The van der Waals surface area contributed by atoms with Crippen LogP contribution in [0, 0.1) is 11.7 Å². The van der Waals surface area contributed by atoms with Crippen molar-refractivity contribution >= 4 is 5.95 Å². The molecule has 94 valence electrons. The molecule has 0 spiro atoms. The summed E-state index contributed by atoms with van der Waals surface area (Å²) in [6.07, 6.45) is 5.46. The zero-order valence-electron chi connectivity index (χ0n) is 9.82. The van der Waals surface area contributed by atoms with E-state index in [1.165, 1.54) is 6.42 Å². The van der Waals surface area contributed by atoms with Crippen molar-refractivity contribution < 1.29 is 9.13 Å². The highest BCUT2D eigenvalue weighted by Crippen LogP contribution is 2.28. The number of rotatable bonds is 3. The van der Waals surface area contributed by atoms with Gasteiger partial charge in [-0.25, -0.2) is 10.8 Å². The molecule has 1 aliphatic carbocycles. The Bertz CT molecular complexity index is 388. The van der Waals surface area contributed by atoms with Gasteiger partial charge in [0.1, 0.15) is 6.10 Å². The minimum Gasteiger partial charge on any atom is -0.472 e. The Labute approximate surface area is 99.6 Å². The van der Waals surface area contributed by atoms with Gasteiger partial charge in [-0.15, -0.1) is 0 Å². The Morgan fingerprint density at radius 1 is 1.47 bits per heavy atom. The normalized spacial score (nSPS) is 24.4. The number of hydrazine groups is 1. The highest BCUT2D eigenvalue weighted by molar-refractivity contribution is 5.26. The molecule has 3 N–H and O–H groups in total. The number of anilines is 1. The molecule has 2 unspecified atom stereocenters. The number of nitrogens with one attached hydrogen (secondary N) is 1. The van der Waals surface area contributed by atoms with Gasteiger partial charge in [0, 0.05) is 0 Å². The lowest BCUT2D eigenvalue weighted by atomic mass is 9.88. The molecule has 2 atom stereocenters. The third-order valence-corrected chi connectivity index (χ3v) is 3.14. The summed E-state index contributed by atoms with van der Waals surface area (Å²) in [4.78, 5) is 7.54. The Balaban J connectivity index is 2.11. The zero-order chi connectivity index (χ0) is 12.3. The van der Waals surface area contributed by atoms with E-state index in [2.05, 4.69) is 22.3 Å². The molecule has 1 aromatic heterocycles. The van der Waals surface area contributed by atoms with E-state index in [-0.39, 0.29) is 17.9 Å². The topological polar surface area (TPSA) is 73.1 Å². The predicted octanol–water partition coefficient (Wildman–Crippen LogP) is 1.86. The Kier molecular flexibility index (Phi) is 3.73. The standard InChI is InChI=1S/C11H17FN4O/c1-7-4-2-3-5-9(7)17-10-8(12)6-14-11(15-10)16-13/h6-7,9H,2-5,13H2,1H3,(H,14,15,16). The first-order chi connectivity index (χ1) is 8.20. The van der Waals surface area contributed by atoms with Crippen LogP contribution in [0.1, 0.15) is 32.6 Å². The van der Waals surface area contributed by atoms with E-state index < -0.39 is 5.82 Å². The fourth-order valence-corrected chi connectivity index (χ4v) is 2.10. The van der Waals surface area contributed by atoms with Gasteiger partial charge in [0.2, 0.25) is 11.8 Å². The lowest BCUT2D eigenvalue weighted by Crippen LogP contribution is -2.29. The maximum absolute atomic E-state index is 13.5. The second-order valence-corrected chi connectivity index (χ2v) is 4.41. The number of aromatic nitrogens is 2. The number of nitrogens with two attached hydrogens (primary N) is 1. The molecule has 1 heterocycles. The van der Waals surface area contributed by atoms with Gasteiger partial charge in [-0.05, 0) is 25.2 Å². The maximum Gasteiger partial charge on any atom is 0.255 e. The lowest BCUT2D eigenvalue weighted by Gasteiger charge is -2.28. The average Bonchev–Trinajstić information content (AvgIpc) is 2.35. The van der Waals surface area contributed by atoms with Gasteiger partial charge in [-0.1, -0.05) is 13.3 Å². The summed E-state index contributed by atoms with van der Waals surface area (Å²) in [5.74, 6) is 5.18. The van der Waals surface area contributed by atoms with Crippen LogP contribution in [-0.4, -0.2) is 16.1 Å². The van der Waals surface area contributed by atoms with Gasteiger partial charge in [0.05, 0.1) is 6.20 Å². The molecule has 5 nitrogen and oxygen atoms in total. The first kappa shape index (κ1) is 12.0. The van der Waals surface area contributed by atoms with Gasteiger partial charge in [-0.3, -0.25) is 5.43 Å².